The quantitative estimate of drug-likeness (QED) is 0.284. The molecule has 0 aromatic heterocycles. The average Bonchev–Trinajstić information content (AvgIpc) is 3.25. The van der Waals surface area contributed by atoms with E-state index >= 15 is 0 Å². The lowest BCUT2D eigenvalue weighted by atomic mass is 9.75. The van der Waals surface area contributed by atoms with Gasteiger partial charge in [-0.05, 0) is 56.0 Å². The molecule has 4 aliphatic rings. The molecule has 1 aliphatic carbocycles. The molecule has 5 heteroatoms. The van der Waals surface area contributed by atoms with Crippen LogP contribution in [0.15, 0.2) is 41.5 Å². The summed E-state index contributed by atoms with van der Waals surface area (Å²) in [6, 6.07) is 8.78. The maximum absolute atomic E-state index is 13.2. The maximum Gasteiger partial charge on any atom is 0.312 e. The molecule has 0 radical (unpaired) electrons. The van der Waals surface area contributed by atoms with E-state index in [1.165, 1.54) is 29.6 Å². The first-order chi connectivity index (χ1) is 15.2. The Labute approximate surface area is 198 Å². The van der Waals surface area contributed by atoms with Crippen LogP contribution in [0.25, 0.3) is 0 Å². The fourth-order valence-corrected chi connectivity index (χ4v) is 14.5. The Balaban J connectivity index is 1.46. The molecule has 3 nitrogen and oxygen atoms in total. The summed E-state index contributed by atoms with van der Waals surface area (Å²) in [6.45, 7) is 11.4. The average molecular weight is 473 g/mol. The third-order valence-electron chi connectivity index (χ3n) is 8.93. The largest absolute Gasteiger partial charge is 0.435 e. The molecule has 5 rings (SSSR count). The molecular formula is C27H37O3PS. The third kappa shape index (κ3) is 3.48. The number of esters is 1. The van der Waals surface area contributed by atoms with Gasteiger partial charge in [-0.15, -0.1) is 0 Å². The molecule has 1 aromatic rings. The summed E-state index contributed by atoms with van der Waals surface area (Å²) in [5.41, 5.74) is 4.53. The summed E-state index contributed by atoms with van der Waals surface area (Å²) in [5.74, 6) is 1.70. The number of allylic oxidation sites excluding steroid dienone is 2. The van der Waals surface area contributed by atoms with Crippen molar-refractivity contribution in [2.75, 3.05) is 0 Å². The van der Waals surface area contributed by atoms with Crippen LogP contribution in [0.5, 0.6) is 0 Å². The van der Waals surface area contributed by atoms with E-state index in [0.717, 1.165) is 12.6 Å². The highest BCUT2D eigenvalue weighted by Crippen LogP contribution is 2.78. The van der Waals surface area contributed by atoms with Crippen molar-refractivity contribution >= 4 is 23.8 Å². The lowest BCUT2D eigenvalue weighted by Crippen LogP contribution is -2.41. The topological polar surface area (TPSA) is 35.5 Å². The van der Waals surface area contributed by atoms with Gasteiger partial charge in [0, 0.05) is 23.4 Å². The first kappa shape index (κ1) is 22.8. The molecule has 3 aliphatic heterocycles. The first-order valence-corrected chi connectivity index (χ1v) is 15.5. The molecule has 32 heavy (non-hydrogen) atoms. The fourth-order valence-electron chi connectivity index (χ4n) is 7.33. The van der Waals surface area contributed by atoms with Crippen LogP contribution in [0, 0.1) is 29.6 Å². The molecular weight excluding hydrogens is 435 g/mol. The van der Waals surface area contributed by atoms with Gasteiger partial charge in [-0.2, -0.15) is 0 Å². The Kier molecular flexibility index (Phi) is 5.96. The zero-order chi connectivity index (χ0) is 22.8. The molecule has 3 heterocycles. The normalized spacial score (nSPS) is 43.1. The van der Waals surface area contributed by atoms with E-state index in [1.807, 2.05) is 0 Å². The van der Waals surface area contributed by atoms with Crippen LogP contribution in [-0.2, 0) is 32.2 Å². The molecule has 0 unspecified atom stereocenters. The van der Waals surface area contributed by atoms with Gasteiger partial charge >= 0.3 is 5.97 Å². The van der Waals surface area contributed by atoms with Gasteiger partial charge in [-0.1, -0.05) is 80.5 Å². The second kappa shape index (κ2) is 8.36. The number of ether oxygens (including phenoxy) is 2. The highest BCUT2D eigenvalue weighted by molar-refractivity contribution is 8.15. The van der Waals surface area contributed by atoms with Gasteiger partial charge in [-0.25, -0.2) is 0 Å². The third-order valence-corrected chi connectivity index (χ3v) is 14.9. The molecule has 2 saturated heterocycles. The molecule has 1 saturated carbocycles. The van der Waals surface area contributed by atoms with Crippen LogP contribution in [0.2, 0.25) is 0 Å². The number of carbonyl (C=O) groups excluding carboxylic acids is 1. The van der Waals surface area contributed by atoms with Crippen LogP contribution in [0.4, 0.5) is 0 Å². The second-order valence-corrected chi connectivity index (χ2v) is 16.3. The van der Waals surface area contributed by atoms with Gasteiger partial charge in [0.15, 0.2) is 0 Å². The lowest BCUT2D eigenvalue weighted by molar-refractivity contribution is -0.195. The minimum atomic E-state index is -1.85. The van der Waals surface area contributed by atoms with Crippen LogP contribution >= 0.6 is 6.04 Å². The van der Waals surface area contributed by atoms with Crippen LogP contribution in [0.3, 0.4) is 0 Å². The van der Waals surface area contributed by atoms with Gasteiger partial charge in [0.05, 0.1) is 12.0 Å². The van der Waals surface area contributed by atoms with Crippen molar-refractivity contribution in [3.8, 4) is 0 Å². The molecule has 0 amide bonds. The Hall–Kier alpha value is -0.960. The number of hydrogen-bond donors (Lipinski definition) is 0. The van der Waals surface area contributed by atoms with Crippen molar-refractivity contribution in [1.82, 2.24) is 0 Å². The summed E-state index contributed by atoms with van der Waals surface area (Å²) in [5, 5.41) is 0. The van der Waals surface area contributed by atoms with Crippen molar-refractivity contribution in [2.24, 2.45) is 29.6 Å². The maximum atomic E-state index is 13.2. The number of cyclic esters (lactones) is 1. The smallest absolute Gasteiger partial charge is 0.312 e. The fraction of sp³-hybridized carbons (Fsp3) is 0.667. The number of fused-ring (bicyclic) bond motifs is 5. The van der Waals surface area contributed by atoms with E-state index in [-0.39, 0.29) is 35.2 Å². The van der Waals surface area contributed by atoms with Crippen molar-refractivity contribution in [3.63, 3.8) is 0 Å². The van der Waals surface area contributed by atoms with E-state index in [2.05, 4.69) is 65.0 Å². The molecule has 174 valence electrons. The van der Waals surface area contributed by atoms with Gasteiger partial charge < -0.3 is 9.47 Å². The van der Waals surface area contributed by atoms with Crippen molar-refractivity contribution < 1.29 is 14.3 Å². The highest BCUT2D eigenvalue weighted by atomic mass is 32.4. The van der Waals surface area contributed by atoms with Crippen LogP contribution in [0.1, 0.15) is 59.4 Å². The van der Waals surface area contributed by atoms with Gasteiger partial charge in [0.1, 0.15) is 0 Å². The molecule has 1 aromatic carbocycles. The predicted octanol–water partition coefficient (Wildman–Crippen LogP) is 6.36. The Morgan fingerprint density at radius 3 is 2.50 bits per heavy atom. The Morgan fingerprint density at radius 2 is 1.81 bits per heavy atom. The summed E-state index contributed by atoms with van der Waals surface area (Å²) in [4.78, 5) is 13.2. The number of hydrogen-bond acceptors (Lipinski definition) is 4. The predicted molar refractivity (Wildman–Crippen MR) is 133 cm³/mol. The molecule has 0 spiro atoms. The van der Waals surface area contributed by atoms with E-state index in [4.69, 9.17) is 21.3 Å². The minimum absolute atomic E-state index is 0.0633. The molecule has 2 bridgehead atoms. The summed E-state index contributed by atoms with van der Waals surface area (Å²) in [7, 11) is 0. The van der Waals surface area contributed by atoms with E-state index < -0.39 is 12.3 Å². The Morgan fingerprint density at radius 1 is 1.12 bits per heavy atom. The number of benzene rings is 1. The van der Waals surface area contributed by atoms with E-state index in [1.54, 1.807) is 0 Å². The Bertz CT molecular complexity index is 970. The summed E-state index contributed by atoms with van der Waals surface area (Å²) < 4.78 is 12.8. The van der Waals surface area contributed by atoms with Crippen LogP contribution < -0.4 is 0 Å². The highest BCUT2D eigenvalue weighted by Gasteiger charge is 2.68. The minimum Gasteiger partial charge on any atom is -0.435 e. The lowest BCUT2D eigenvalue weighted by Gasteiger charge is -2.39. The molecule has 3 fully saturated rings. The van der Waals surface area contributed by atoms with Crippen LogP contribution in [-0.4, -0.2) is 29.7 Å². The molecule has 0 N–H and O–H groups in total. The van der Waals surface area contributed by atoms with Crippen molar-refractivity contribution in [2.45, 2.75) is 83.8 Å². The zero-order valence-corrected chi connectivity index (χ0v) is 21.7. The monoisotopic (exact) mass is 472 g/mol. The number of carbonyl (C=O) groups is 1. The standard InChI is InChI=1S/C27H37O3PS/c1-15(2)20-12-11-16(3)13-21(20)29-27-23-22(26(28)30-27)24-17(4)18(5)25(23)31(24,32)14-19-9-7-6-8-10-19/h6-10,15-16,20-25,27H,11-14H2,1-5H3/t16-,20+,21-,22-,23+,24-,25+,27-,31+/m1/s1. The van der Waals surface area contributed by atoms with Crippen molar-refractivity contribution in [3.05, 3.63) is 47.0 Å². The van der Waals surface area contributed by atoms with E-state index in [0.29, 0.717) is 17.8 Å². The summed E-state index contributed by atoms with van der Waals surface area (Å²) >= 11 is 6.57. The van der Waals surface area contributed by atoms with Gasteiger partial charge in [0.2, 0.25) is 6.29 Å². The second-order valence-electron chi connectivity index (χ2n) is 11.2. The van der Waals surface area contributed by atoms with E-state index in [9.17, 15) is 4.79 Å². The van der Waals surface area contributed by atoms with Gasteiger partial charge in [-0.3, -0.25) is 4.79 Å². The van der Waals surface area contributed by atoms with Gasteiger partial charge in [0.25, 0.3) is 0 Å². The first-order valence-electron chi connectivity index (χ1n) is 12.4. The SMILES string of the molecule is CC1=C(C)[C@H]2[C@H]3[C@H](O[C@@H]4C[C@H](C)CC[C@H]4C(C)C)OC(=O)[C@H]3[C@@H]1[P@@]2(=S)Cc1ccccc1. The summed E-state index contributed by atoms with van der Waals surface area (Å²) in [6.07, 6.45) is 4.20. The van der Waals surface area contributed by atoms with Crippen molar-refractivity contribution in [1.29, 1.82) is 0 Å². The molecule has 9 atom stereocenters. The number of rotatable bonds is 5. The zero-order valence-electron chi connectivity index (χ0n) is 20.0.